The van der Waals surface area contributed by atoms with Gasteiger partial charge < -0.3 is 4.74 Å². The Labute approximate surface area is 190 Å². The third-order valence-electron chi connectivity index (χ3n) is 4.35. The molecule has 0 aliphatic rings. The van der Waals surface area contributed by atoms with Crippen LogP contribution in [0.2, 0.25) is 5.02 Å². The number of methoxy groups -OCH3 is 1. The van der Waals surface area contributed by atoms with E-state index in [9.17, 15) is 17.6 Å². The molecule has 0 bridgehead atoms. The normalized spacial score (nSPS) is 11.3. The fourth-order valence-electron chi connectivity index (χ4n) is 2.82. The number of hydrogen-bond acceptors (Lipinski definition) is 5. The van der Waals surface area contributed by atoms with Crippen LogP contribution in [0.25, 0.3) is 0 Å². The maximum Gasteiger partial charge on any atom is 0.264 e. The van der Waals surface area contributed by atoms with Crippen molar-refractivity contribution in [3.05, 3.63) is 89.2 Å². The Hall–Kier alpha value is -3.43. The highest BCUT2D eigenvalue weighted by atomic mass is 35.5. The van der Waals surface area contributed by atoms with Gasteiger partial charge in [0.1, 0.15) is 18.1 Å². The number of nitrogens with zero attached hydrogens (tertiary/aromatic N) is 2. The lowest BCUT2D eigenvalue weighted by Gasteiger charge is -2.25. The van der Waals surface area contributed by atoms with Crippen molar-refractivity contribution in [1.82, 2.24) is 5.43 Å². The lowest BCUT2D eigenvalue weighted by atomic mass is 10.2. The number of hydrazone groups is 1. The van der Waals surface area contributed by atoms with Crippen LogP contribution in [-0.4, -0.2) is 34.2 Å². The number of amides is 1. The molecule has 3 aromatic rings. The molecule has 0 aromatic heterocycles. The highest BCUT2D eigenvalue weighted by molar-refractivity contribution is 7.92. The molecular weight excluding hydrogens is 457 g/mol. The van der Waals surface area contributed by atoms with E-state index in [0.29, 0.717) is 0 Å². The summed E-state index contributed by atoms with van der Waals surface area (Å²) in [7, 11) is -2.72. The van der Waals surface area contributed by atoms with Crippen LogP contribution >= 0.6 is 11.6 Å². The summed E-state index contributed by atoms with van der Waals surface area (Å²) >= 11 is 5.92. The molecule has 0 unspecified atom stereocenters. The zero-order valence-electron chi connectivity index (χ0n) is 16.9. The Morgan fingerprint density at radius 2 is 1.78 bits per heavy atom. The Kier molecular flexibility index (Phi) is 7.45. The van der Waals surface area contributed by atoms with Crippen LogP contribution in [-0.2, 0) is 14.8 Å². The minimum atomic E-state index is -4.11. The van der Waals surface area contributed by atoms with Crippen LogP contribution in [0.15, 0.2) is 82.8 Å². The molecule has 3 rings (SSSR count). The average molecular weight is 476 g/mol. The maximum absolute atomic E-state index is 13.8. The second kappa shape index (κ2) is 10.3. The lowest BCUT2D eigenvalue weighted by Crippen LogP contribution is -2.39. The quantitative estimate of drug-likeness (QED) is 0.396. The number of halogens is 2. The van der Waals surface area contributed by atoms with Crippen LogP contribution in [0.4, 0.5) is 10.1 Å². The molecule has 0 radical (unpaired) electrons. The maximum atomic E-state index is 13.8. The third kappa shape index (κ3) is 5.24. The number of benzene rings is 3. The molecule has 0 saturated carbocycles. The second-order valence-corrected chi connectivity index (χ2v) is 8.69. The van der Waals surface area contributed by atoms with Crippen LogP contribution in [0.3, 0.4) is 0 Å². The van der Waals surface area contributed by atoms with Crippen molar-refractivity contribution in [3.63, 3.8) is 0 Å². The number of anilines is 1. The number of nitrogens with one attached hydrogen (secondary N) is 1. The van der Waals surface area contributed by atoms with Crippen molar-refractivity contribution in [3.8, 4) is 5.75 Å². The van der Waals surface area contributed by atoms with Gasteiger partial charge in [-0.1, -0.05) is 48.0 Å². The van der Waals surface area contributed by atoms with Gasteiger partial charge in [0.2, 0.25) is 0 Å². The predicted molar refractivity (Wildman–Crippen MR) is 121 cm³/mol. The van der Waals surface area contributed by atoms with Crippen molar-refractivity contribution in [2.24, 2.45) is 5.10 Å². The van der Waals surface area contributed by atoms with Crippen LogP contribution in [0.5, 0.6) is 5.75 Å². The summed E-state index contributed by atoms with van der Waals surface area (Å²) in [5.41, 5.74) is 2.37. The summed E-state index contributed by atoms with van der Waals surface area (Å²) in [5, 5.41) is 3.82. The highest BCUT2D eigenvalue weighted by Crippen LogP contribution is 2.32. The van der Waals surface area contributed by atoms with Crippen molar-refractivity contribution >= 4 is 39.4 Å². The monoisotopic (exact) mass is 475 g/mol. The molecule has 7 nitrogen and oxygen atoms in total. The SMILES string of the molecule is COc1ccccc1N(CC(=O)N/N=C\c1c(F)cccc1Cl)S(=O)(=O)c1ccccc1. The summed E-state index contributed by atoms with van der Waals surface area (Å²) < 4.78 is 46.7. The third-order valence-corrected chi connectivity index (χ3v) is 6.46. The van der Waals surface area contributed by atoms with E-state index in [-0.39, 0.29) is 26.9 Å². The van der Waals surface area contributed by atoms with Crippen molar-refractivity contribution in [1.29, 1.82) is 0 Å². The predicted octanol–water partition coefficient (Wildman–Crippen LogP) is 3.83. The zero-order valence-corrected chi connectivity index (χ0v) is 18.5. The Morgan fingerprint density at radius 3 is 2.47 bits per heavy atom. The molecule has 32 heavy (non-hydrogen) atoms. The van der Waals surface area contributed by atoms with Gasteiger partial charge in [0, 0.05) is 5.56 Å². The van der Waals surface area contributed by atoms with Crippen LogP contribution in [0.1, 0.15) is 5.56 Å². The van der Waals surface area contributed by atoms with Gasteiger partial charge in [-0.3, -0.25) is 9.10 Å². The van der Waals surface area contributed by atoms with Gasteiger partial charge in [0.25, 0.3) is 15.9 Å². The van der Waals surface area contributed by atoms with E-state index in [4.69, 9.17) is 16.3 Å². The lowest BCUT2D eigenvalue weighted by molar-refractivity contribution is -0.119. The molecule has 166 valence electrons. The number of carbonyl (C=O) groups is 1. The first kappa shape index (κ1) is 23.2. The number of carbonyl (C=O) groups excluding carboxylic acids is 1. The van der Waals surface area contributed by atoms with Gasteiger partial charge in [-0.25, -0.2) is 18.2 Å². The van der Waals surface area contributed by atoms with Crippen LogP contribution < -0.4 is 14.5 Å². The first-order valence-electron chi connectivity index (χ1n) is 9.31. The zero-order chi connectivity index (χ0) is 23.1. The van der Waals surface area contributed by atoms with E-state index in [1.807, 2.05) is 0 Å². The number of ether oxygens (including phenoxy) is 1. The van der Waals surface area contributed by atoms with Crippen molar-refractivity contribution < 1.29 is 22.3 Å². The molecule has 0 spiro atoms. The van der Waals surface area contributed by atoms with Crippen LogP contribution in [0, 0.1) is 5.82 Å². The van der Waals surface area contributed by atoms with E-state index in [0.717, 1.165) is 10.5 Å². The van der Waals surface area contributed by atoms with Gasteiger partial charge in [0.05, 0.1) is 28.9 Å². The fourth-order valence-corrected chi connectivity index (χ4v) is 4.49. The van der Waals surface area contributed by atoms with Gasteiger partial charge in [-0.05, 0) is 36.4 Å². The molecule has 0 heterocycles. The average Bonchev–Trinajstić information content (AvgIpc) is 2.80. The van der Waals surface area contributed by atoms with E-state index in [1.54, 1.807) is 36.4 Å². The molecule has 0 aliphatic carbocycles. The van der Waals surface area contributed by atoms with Gasteiger partial charge >= 0.3 is 0 Å². The van der Waals surface area contributed by atoms with Gasteiger partial charge in [-0.2, -0.15) is 5.10 Å². The van der Waals surface area contributed by atoms with Crippen molar-refractivity contribution in [2.45, 2.75) is 4.90 Å². The Balaban J connectivity index is 1.89. The number of hydrogen-bond donors (Lipinski definition) is 1. The van der Waals surface area contributed by atoms with E-state index < -0.39 is 28.3 Å². The summed E-state index contributed by atoms with van der Waals surface area (Å²) in [6.45, 7) is -0.597. The minimum absolute atomic E-state index is 0.000320. The summed E-state index contributed by atoms with van der Waals surface area (Å²) in [4.78, 5) is 12.6. The topological polar surface area (TPSA) is 88.1 Å². The standard InChI is InChI=1S/C22H19ClFN3O4S/c1-31-21-13-6-5-12-20(21)27(32(29,30)16-8-3-2-4-9-16)15-22(28)26-25-14-17-18(23)10-7-11-19(17)24/h2-14H,15H2,1H3,(H,26,28)/b25-14-. The molecule has 3 aromatic carbocycles. The second-order valence-electron chi connectivity index (χ2n) is 6.43. The largest absolute Gasteiger partial charge is 0.495 e. The van der Waals surface area contributed by atoms with E-state index in [2.05, 4.69) is 10.5 Å². The summed E-state index contributed by atoms with van der Waals surface area (Å²) in [5.74, 6) is -1.10. The van der Waals surface area contributed by atoms with Crippen molar-refractivity contribution in [2.75, 3.05) is 18.0 Å². The molecule has 10 heteroatoms. The highest BCUT2D eigenvalue weighted by Gasteiger charge is 2.29. The minimum Gasteiger partial charge on any atom is -0.495 e. The Bertz CT molecular complexity index is 1220. The van der Waals surface area contributed by atoms with Gasteiger partial charge in [-0.15, -0.1) is 0 Å². The van der Waals surface area contributed by atoms with Gasteiger partial charge in [0.15, 0.2) is 0 Å². The summed E-state index contributed by atoms with van der Waals surface area (Å²) in [6.07, 6.45) is 1.05. The number of sulfonamides is 1. The van der Waals surface area contributed by atoms with E-state index >= 15 is 0 Å². The van der Waals surface area contributed by atoms with E-state index in [1.165, 1.54) is 43.5 Å². The molecule has 0 atom stereocenters. The smallest absolute Gasteiger partial charge is 0.264 e. The first-order valence-corrected chi connectivity index (χ1v) is 11.1. The fraction of sp³-hybridized carbons (Fsp3) is 0.0909. The number of para-hydroxylation sites is 2. The molecule has 0 aliphatic heterocycles. The molecule has 0 fully saturated rings. The number of rotatable bonds is 8. The molecule has 0 saturated heterocycles. The molecular formula is C22H19ClFN3O4S. The molecule has 1 N–H and O–H groups in total. The summed E-state index contributed by atoms with van der Waals surface area (Å²) in [6, 6.07) is 18.2. The molecule has 1 amide bonds. The Morgan fingerprint density at radius 1 is 1.09 bits per heavy atom. The first-order chi connectivity index (χ1) is 15.3.